The van der Waals surface area contributed by atoms with Crippen molar-refractivity contribution >= 4 is 32.6 Å². The number of hydrazine groups is 1. The molecular weight excluding hydrogens is 458 g/mol. The first-order valence-corrected chi connectivity index (χ1v) is 12.2. The molecule has 10 heteroatoms. The summed E-state index contributed by atoms with van der Waals surface area (Å²) in [7, 11) is -2.50. The maximum atomic E-state index is 12.6. The zero-order chi connectivity index (χ0) is 24.3. The molecule has 1 aliphatic carbocycles. The number of benzene rings is 3. The number of amides is 2. The van der Waals surface area contributed by atoms with Crippen LogP contribution in [0.15, 0.2) is 65.6 Å². The van der Waals surface area contributed by atoms with Gasteiger partial charge >= 0.3 is 0 Å². The van der Waals surface area contributed by atoms with Crippen molar-refractivity contribution in [1.82, 2.24) is 15.6 Å². The van der Waals surface area contributed by atoms with Crippen LogP contribution < -0.4 is 25.0 Å². The number of ether oxygens (including phenoxy) is 2. The average Bonchev–Trinajstić information content (AvgIpc) is 3.65. The van der Waals surface area contributed by atoms with Gasteiger partial charge in [-0.15, -0.1) is 0 Å². The topological polar surface area (TPSA) is 123 Å². The van der Waals surface area contributed by atoms with E-state index >= 15 is 0 Å². The van der Waals surface area contributed by atoms with Crippen LogP contribution in [0.5, 0.6) is 11.5 Å². The van der Waals surface area contributed by atoms with Gasteiger partial charge in [-0.1, -0.05) is 30.3 Å². The number of carbonyl (C=O) groups is 2. The van der Waals surface area contributed by atoms with Crippen molar-refractivity contribution in [3.05, 3.63) is 66.2 Å². The number of nitrogens with one attached hydrogen (secondary N) is 3. The molecule has 1 aliphatic rings. The second-order valence-electron chi connectivity index (χ2n) is 7.97. The number of sulfonamides is 1. The lowest BCUT2D eigenvalue weighted by Gasteiger charge is -2.16. The predicted molar refractivity (Wildman–Crippen MR) is 126 cm³/mol. The Morgan fingerprint density at radius 1 is 0.971 bits per heavy atom. The smallest absolute Gasteiger partial charge is 0.279 e. The first-order valence-electron chi connectivity index (χ1n) is 10.7. The number of fused-ring (bicyclic) bond motifs is 1. The summed E-state index contributed by atoms with van der Waals surface area (Å²) in [6.07, 6.45) is 0.650. The third kappa shape index (κ3) is 5.46. The third-order valence-corrected chi connectivity index (χ3v) is 6.86. The Bertz CT molecular complexity index is 1340. The number of methoxy groups -OCH3 is 1. The monoisotopic (exact) mass is 483 g/mol. The molecule has 1 fully saturated rings. The maximum Gasteiger partial charge on any atom is 0.279 e. The van der Waals surface area contributed by atoms with Crippen LogP contribution in [0.25, 0.3) is 10.8 Å². The summed E-state index contributed by atoms with van der Waals surface area (Å²) in [5.74, 6) is -0.623. The van der Waals surface area contributed by atoms with E-state index in [-0.39, 0.29) is 22.3 Å². The Morgan fingerprint density at radius 3 is 2.41 bits per heavy atom. The molecule has 34 heavy (non-hydrogen) atoms. The van der Waals surface area contributed by atoms with Gasteiger partial charge in [-0.3, -0.25) is 20.4 Å². The molecular formula is C24H25N3O6S. The van der Waals surface area contributed by atoms with Crippen LogP contribution in [-0.4, -0.2) is 39.5 Å². The third-order valence-electron chi connectivity index (χ3n) is 5.32. The first-order chi connectivity index (χ1) is 16.3. The van der Waals surface area contributed by atoms with Crippen LogP contribution in [0.2, 0.25) is 0 Å². The lowest BCUT2D eigenvalue weighted by molar-refractivity contribution is -0.128. The van der Waals surface area contributed by atoms with Gasteiger partial charge < -0.3 is 9.47 Å². The van der Waals surface area contributed by atoms with E-state index in [9.17, 15) is 18.0 Å². The van der Waals surface area contributed by atoms with Gasteiger partial charge in [-0.05, 0) is 60.9 Å². The lowest BCUT2D eigenvalue weighted by atomic mass is 10.1. The van der Waals surface area contributed by atoms with Crippen LogP contribution in [0, 0.1) is 0 Å². The summed E-state index contributed by atoms with van der Waals surface area (Å²) in [6.45, 7) is 1.55. The molecule has 3 N–H and O–H groups in total. The fraction of sp³-hybridized carbons (Fsp3) is 0.250. The van der Waals surface area contributed by atoms with E-state index in [4.69, 9.17) is 9.47 Å². The molecule has 0 aromatic heterocycles. The molecule has 4 rings (SSSR count). The minimum Gasteiger partial charge on any atom is -0.495 e. The highest BCUT2D eigenvalue weighted by Gasteiger charge is 2.30. The van der Waals surface area contributed by atoms with Crippen LogP contribution in [0.1, 0.15) is 30.1 Å². The highest BCUT2D eigenvalue weighted by molar-refractivity contribution is 7.89. The number of hydrogen-bond donors (Lipinski definition) is 3. The van der Waals surface area contributed by atoms with E-state index in [1.54, 1.807) is 13.0 Å². The molecule has 1 atom stereocenters. The molecule has 178 valence electrons. The summed E-state index contributed by atoms with van der Waals surface area (Å²) in [5.41, 5.74) is 4.64. The Labute approximate surface area is 197 Å². The lowest BCUT2D eigenvalue weighted by Crippen LogP contribution is -2.47. The minimum atomic E-state index is -3.85. The van der Waals surface area contributed by atoms with Gasteiger partial charge in [0.15, 0.2) is 6.10 Å². The van der Waals surface area contributed by atoms with E-state index < -0.39 is 27.9 Å². The van der Waals surface area contributed by atoms with E-state index in [2.05, 4.69) is 15.6 Å². The molecule has 2 amide bonds. The molecule has 0 heterocycles. The van der Waals surface area contributed by atoms with Crippen molar-refractivity contribution < 1.29 is 27.5 Å². The first kappa shape index (κ1) is 23.5. The van der Waals surface area contributed by atoms with Crippen LogP contribution in [0.4, 0.5) is 0 Å². The van der Waals surface area contributed by atoms with Crippen molar-refractivity contribution in [3.63, 3.8) is 0 Å². The average molecular weight is 484 g/mol. The molecule has 0 radical (unpaired) electrons. The molecule has 1 unspecified atom stereocenters. The Kier molecular flexibility index (Phi) is 6.71. The standard InChI is InChI=1S/C24H25N3O6S/c1-15(33-20-11-7-16-5-3-4-6-17(16)13-20)23(28)25-26-24(29)18-8-12-21(32-2)22(14-18)34(30,31)27-19-9-10-19/h3-8,11-15,19,27H,9-10H2,1-2H3,(H,25,28)(H,26,29). The van der Waals surface area contributed by atoms with Crippen molar-refractivity contribution in [2.75, 3.05) is 7.11 Å². The van der Waals surface area contributed by atoms with Crippen LogP contribution >= 0.6 is 0 Å². The molecule has 0 aliphatic heterocycles. The van der Waals surface area contributed by atoms with Gasteiger partial charge in [-0.2, -0.15) is 0 Å². The van der Waals surface area contributed by atoms with Gasteiger partial charge in [-0.25, -0.2) is 13.1 Å². The molecule has 0 saturated heterocycles. The fourth-order valence-electron chi connectivity index (χ4n) is 3.30. The Morgan fingerprint density at radius 2 is 1.71 bits per heavy atom. The molecule has 0 bridgehead atoms. The van der Waals surface area contributed by atoms with E-state index in [1.807, 2.05) is 36.4 Å². The van der Waals surface area contributed by atoms with Gasteiger partial charge in [0, 0.05) is 11.6 Å². The zero-order valence-electron chi connectivity index (χ0n) is 18.7. The molecule has 3 aromatic rings. The SMILES string of the molecule is COc1ccc(C(=O)NNC(=O)C(C)Oc2ccc3ccccc3c2)cc1S(=O)(=O)NC1CC1. The van der Waals surface area contributed by atoms with Crippen LogP contribution in [0.3, 0.4) is 0 Å². The molecule has 0 spiro atoms. The van der Waals surface area contributed by atoms with Crippen molar-refractivity contribution in [2.24, 2.45) is 0 Å². The second-order valence-corrected chi connectivity index (χ2v) is 9.66. The Hall–Kier alpha value is -3.63. The number of hydrogen-bond acceptors (Lipinski definition) is 6. The maximum absolute atomic E-state index is 12.6. The van der Waals surface area contributed by atoms with Gasteiger partial charge in [0.05, 0.1) is 7.11 Å². The molecule has 3 aromatic carbocycles. The second kappa shape index (κ2) is 9.70. The zero-order valence-corrected chi connectivity index (χ0v) is 19.5. The normalized spacial score (nSPS) is 14.3. The summed E-state index contributed by atoms with van der Waals surface area (Å²) >= 11 is 0. The predicted octanol–water partition coefficient (Wildman–Crippen LogP) is 2.52. The van der Waals surface area contributed by atoms with E-state index in [0.717, 1.165) is 23.6 Å². The van der Waals surface area contributed by atoms with Crippen molar-refractivity contribution in [3.8, 4) is 11.5 Å². The van der Waals surface area contributed by atoms with E-state index in [1.165, 1.54) is 25.3 Å². The highest BCUT2D eigenvalue weighted by atomic mass is 32.2. The summed E-state index contributed by atoms with van der Waals surface area (Å²) in [6, 6.07) is 17.2. The Balaban J connectivity index is 1.39. The number of rotatable bonds is 8. The van der Waals surface area contributed by atoms with Crippen molar-refractivity contribution in [2.45, 2.75) is 36.8 Å². The fourth-order valence-corrected chi connectivity index (χ4v) is 4.80. The van der Waals surface area contributed by atoms with Gasteiger partial charge in [0.1, 0.15) is 16.4 Å². The van der Waals surface area contributed by atoms with Gasteiger partial charge in [0.25, 0.3) is 11.8 Å². The summed E-state index contributed by atoms with van der Waals surface area (Å²) < 4.78 is 38.7. The van der Waals surface area contributed by atoms with E-state index in [0.29, 0.717) is 5.75 Å². The minimum absolute atomic E-state index is 0.0420. The van der Waals surface area contributed by atoms with Crippen molar-refractivity contribution in [1.29, 1.82) is 0 Å². The number of carbonyl (C=O) groups excluding carboxylic acids is 2. The highest BCUT2D eigenvalue weighted by Crippen LogP contribution is 2.28. The molecule has 9 nitrogen and oxygen atoms in total. The summed E-state index contributed by atoms with van der Waals surface area (Å²) in [5, 5.41) is 2.02. The van der Waals surface area contributed by atoms with Crippen LogP contribution in [-0.2, 0) is 14.8 Å². The molecule has 1 saturated carbocycles. The quantitative estimate of drug-likeness (QED) is 0.423. The largest absolute Gasteiger partial charge is 0.495 e. The summed E-state index contributed by atoms with van der Waals surface area (Å²) in [4.78, 5) is 24.8. The van der Waals surface area contributed by atoms with Gasteiger partial charge in [0.2, 0.25) is 10.0 Å².